The molecule has 33 heavy (non-hydrogen) atoms. The molecule has 0 saturated heterocycles. The number of nitrogens with one attached hydrogen (secondary N) is 1. The minimum absolute atomic E-state index is 0.0831. The Hall–Kier alpha value is -3.68. The van der Waals surface area contributed by atoms with E-state index in [2.05, 4.69) is 5.32 Å². The normalized spacial score (nSPS) is 12.5. The molecule has 1 aliphatic heterocycles. The SMILES string of the molecule is O=C(CN1C(=O)c2cc(Cl)c(Cl)cc2C1=O)OCc1ccc(C(=O)Nc2ccccc2)cc1. The van der Waals surface area contributed by atoms with Crippen molar-refractivity contribution in [3.8, 4) is 0 Å². The Balaban J connectivity index is 1.32. The van der Waals surface area contributed by atoms with E-state index in [4.69, 9.17) is 27.9 Å². The van der Waals surface area contributed by atoms with Crippen molar-refractivity contribution in [2.45, 2.75) is 6.61 Å². The fraction of sp³-hybridized carbons (Fsp3) is 0.0833. The second-order valence-corrected chi connectivity index (χ2v) is 8.00. The van der Waals surface area contributed by atoms with Crippen LogP contribution in [0.1, 0.15) is 36.6 Å². The molecule has 0 unspecified atom stereocenters. The van der Waals surface area contributed by atoms with E-state index in [0.29, 0.717) is 16.8 Å². The average Bonchev–Trinajstić information content (AvgIpc) is 3.03. The van der Waals surface area contributed by atoms with Crippen LogP contribution in [0.3, 0.4) is 0 Å². The molecule has 0 bridgehead atoms. The van der Waals surface area contributed by atoms with Gasteiger partial charge in [0.25, 0.3) is 17.7 Å². The summed E-state index contributed by atoms with van der Waals surface area (Å²) in [7, 11) is 0. The maximum absolute atomic E-state index is 12.5. The van der Waals surface area contributed by atoms with Gasteiger partial charge in [0.15, 0.2) is 0 Å². The molecular weight excluding hydrogens is 467 g/mol. The van der Waals surface area contributed by atoms with Crippen molar-refractivity contribution >= 4 is 52.6 Å². The van der Waals surface area contributed by atoms with Crippen LogP contribution in [0.2, 0.25) is 10.0 Å². The molecule has 4 rings (SSSR count). The van der Waals surface area contributed by atoms with E-state index in [-0.39, 0.29) is 33.7 Å². The van der Waals surface area contributed by atoms with Crippen LogP contribution in [0.25, 0.3) is 0 Å². The Morgan fingerprint density at radius 3 is 2.00 bits per heavy atom. The second kappa shape index (κ2) is 9.44. The fourth-order valence-electron chi connectivity index (χ4n) is 3.24. The summed E-state index contributed by atoms with van der Waals surface area (Å²) < 4.78 is 5.19. The van der Waals surface area contributed by atoms with Crippen LogP contribution in [0.4, 0.5) is 5.69 Å². The molecule has 0 saturated carbocycles. The van der Waals surface area contributed by atoms with E-state index in [1.54, 1.807) is 36.4 Å². The summed E-state index contributed by atoms with van der Waals surface area (Å²) in [6.07, 6.45) is 0. The van der Waals surface area contributed by atoms with Crippen LogP contribution < -0.4 is 5.32 Å². The van der Waals surface area contributed by atoms with E-state index in [1.807, 2.05) is 18.2 Å². The van der Waals surface area contributed by atoms with Crippen LogP contribution in [0.15, 0.2) is 66.7 Å². The Morgan fingerprint density at radius 2 is 1.42 bits per heavy atom. The lowest BCUT2D eigenvalue weighted by molar-refractivity contribution is -0.145. The number of nitrogens with zero attached hydrogens (tertiary/aromatic N) is 1. The summed E-state index contributed by atoms with van der Waals surface area (Å²) in [4.78, 5) is 50.3. The van der Waals surface area contributed by atoms with Crippen molar-refractivity contribution < 1.29 is 23.9 Å². The minimum atomic E-state index is -0.757. The summed E-state index contributed by atoms with van der Waals surface area (Å²) in [6, 6.07) is 18.2. The van der Waals surface area contributed by atoms with Crippen molar-refractivity contribution in [1.29, 1.82) is 0 Å². The molecule has 1 heterocycles. The summed E-state index contributed by atoms with van der Waals surface area (Å²) in [6.45, 7) is -0.626. The van der Waals surface area contributed by atoms with Crippen molar-refractivity contribution in [2.24, 2.45) is 0 Å². The van der Waals surface area contributed by atoms with Gasteiger partial charge in [-0.05, 0) is 42.0 Å². The zero-order valence-corrected chi connectivity index (χ0v) is 18.5. The number of hydrogen-bond donors (Lipinski definition) is 1. The van der Waals surface area contributed by atoms with Crippen molar-refractivity contribution in [2.75, 3.05) is 11.9 Å². The van der Waals surface area contributed by atoms with Crippen molar-refractivity contribution in [3.63, 3.8) is 0 Å². The summed E-state index contributed by atoms with van der Waals surface area (Å²) >= 11 is 11.8. The van der Waals surface area contributed by atoms with Gasteiger partial charge in [-0.15, -0.1) is 0 Å². The molecule has 9 heteroatoms. The molecule has 1 N–H and O–H groups in total. The molecular formula is C24H16Cl2N2O5. The van der Waals surface area contributed by atoms with Gasteiger partial charge in [0, 0.05) is 11.3 Å². The van der Waals surface area contributed by atoms with Crippen LogP contribution in [0.5, 0.6) is 0 Å². The molecule has 0 fully saturated rings. The highest BCUT2D eigenvalue weighted by molar-refractivity contribution is 6.43. The standard InChI is InChI=1S/C24H16Cl2N2O5/c25-19-10-17-18(11-20(19)26)24(32)28(23(17)31)12-21(29)33-13-14-6-8-15(9-7-14)22(30)27-16-4-2-1-3-5-16/h1-11H,12-13H2,(H,27,30). The molecule has 0 spiro atoms. The number of anilines is 1. The average molecular weight is 483 g/mol. The first-order valence-corrected chi connectivity index (χ1v) is 10.6. The second-order valence-electron chi connectivity index (χ2n) is 7.19. The van der Waals surface area contributed by atoms with Gasteiger partial charge in [-0.2, -0.15) is 0 Å². The Labute approximate surface area is 198 Å². The first kappa shape index (κ1) is 22.5. The summed E-state index contributed by atoms with van der Waals surface area (Å²) in [5.74, 6) is -2.30. The third-order valence-electron chi connectivity index (χ3n) is 4.95. The number of esters is 1. The van der Waals surface area contributed by atoms with Crippen molar-refractivity contribution in [3.05, 3.63) is 99.0 Å². The van der Waals surface area contributed by atoms with E-state index >= 15 is 0 Å². The number of carbonyl (C=O) groups excluding carboxylic acids is 4. The van der Waals surface area contributed by atoms with Crippen LogP contribution in [-0.2, 0) is 16.1 Å². The number of hydrogen-bond acceptors (Lipinski definition) is 5. The lowest BCUT2D eigenvalue weighted by Crippen LogP contribution is -2.35. The third-order valence-corrected chi connectivity index (χ3v) is 5.67. The lowest BCUT2D eigenvalue weighted by Gasteiger charge is -2.13. The van der Waals surface area contributed by atoms with Gasteiger partial charge >= 0.3 is 5.97 Å². The highest BCUT2D eigenvalue weighted by atomic mass is 35.5. The van der Waals surface area contributed by atoms with Gasteiger partial charge in [-0.3, -0.25) is 24.1 Å². The van der Waals surface area contributed by atoms with Gasteiger partial charge in [0.1, 0.15) is 13.2 Å². The number of rotatable bonds is 6. The molecule has 3 aromatic carbocycles. The monoisotopic (exact) mass is 482 g/mol. The smallest absolute Gasteiger partial charge is 0.326 e. The lowest BCUT2D eigenvalue weighted by atomic mass is 10.1. The number of amides is 3. The van der Waals surface area contributed by atoms with Crippen molar-refractivity contribution in [1.82, 2.24) is 4.90 Å². The summed E-state index contributed by atoms with van der Waals surface area (Å²) in [5, 5.41) is 3.06. The Bertz CT molecular complexity index is 1220. The maximum atomic E-state index is 12.5. The van der Waals surface area contributed by atoms with Gasteiger partial charge in [0.2, 0.25) is 0 Å². The molecule has 0 radical (unpaired) electrons. The molecule has 0 atom stereocenters. The molecule has 166 valence electrons. The molecule has 3 amide bonds. The number of carbonyl (C=O) groups is 4. The van der Waals surface area contributed by atoms with Gasteiger partial charge in [0.05, 0.1) is 21.2 Å². The summed E-state index contributed by atoms with van der Waals surface area (Å²) in [5.41, 5.74) is 1.94. The highest BCUT2D eigenvalue weighted by Crippen LogP contribution is 2.31. The highest BCUT2D eigenvalue weighted by Gasteiger charge is 2.37. The number of imide groups is 1. The minimum Gasteiger partial charge on any atom is -0.459 e. The van der Waals surface area contributed by atoms with Gasteiger partial charge in [-0.1, -0.05) is 53.5 Å². The fourth-order valence-corrected chi connectivity index (χ4v) is 3.57. The molecule has 7 nitrogen and oxygen atoms in total. The predicted octanol–water partition coefficient (Wildman–Crippen LogP) is 4.59. The number of para-hydroxylation sites is 1. The molecule has 1 aliphatic rings. The Kier molecular flexibility index (Phi) is 6.44. The quantitative estimate of drug-likeness (QED) is 0.409. The molecule has 0 aliphatic carbocycles. The van der Waals surface area contributed by atoms with E-state index in [0.717, 1.165) is 4.90 Å². The largest absolute Gasteiger partial charge is 0.459 e. The number of halogens is 2. The maximum Gasteiger partial charge on any atom is 0.326 e. The molecule has 3 aromatic rings. The van der Waals surface area contributed by atoms with Gasteiger partial charge in [-0.25, -0.2) is 0 Å². The first-order valence-electron chi connectivity index (χ1n) is 9.79. The van der Waals surface area contributed by atoms with Gasteiger partial charge < -0.3 is 10.1 Å². The van der Waals surface area contributed by atoms with E-state index in [1.165, 1.54) is 12.1 Å². The topological polar surface area (TPSA) is 92.8 Å². The first-order chi connectivity index (χ1) is 15.8. The van der Waals surface area contributed by atoms with E-state index in [9.17, 15) is 19.2 Å². The molecule has 0 aromatic heterocycles. The van der Waals surface area contributed by atoms with E-state index < -0.39 is 24.3 Å². The van der Waals surface area contributed by atoms with Crippen LogP contribution in [-0.4, -0.2) is 35.1 Å². The zero-order chi connectivity index (χ0) is 23.5. The number of ether oxygens (including phenoxy) is 1. The Morgan fingerprint density at radius 1 is 0.848 bits per heavy atom. The number of benzene rings is 3. The zero-order valence-electron chi connectivity index (χ0n) is 17.0. The predicted molar refractivity (Wildman–Crippen MR) is 122 cm³/mol. The third kappa shape index (κ3) is 4.89. The van der Waals surface area contributed by atoms with Crippen LogP contribution >= 0.6 is 23.2 Å². The van der Waals surface area contributed by atoms with Crippen LogP contribution in [0, 0.1) is 0 Å². The number of fused-ring (bicyclic) bond motifs is 1.